The Labute approximate surface area is 147 Å². The van der Waals surface area contributed by atoms with Crippen molar-refractivity contribution in [1.82, 2.24) is 15.1 Å². The maximum atomic E-state index is 13.2. The third-order valence-electron chi connectivity index (χ3n) is 4.50. The predicted octanol–water partition coefficient (Wildman–Crippen LogP) is 0.774. The fourth-order valence-electron chi connectivity index (χ4n) is 3.26. The second kappa shape index (κ2) is 8.40. The Morgan fingerprint density at radius 3 is 2.64 bits per heavy atom. The Balaban J connectivity index is 2.11. The van der Waals surface area contributed by atoms with E-state index < -0.39 is 18.1 Å². The van der Waals surface area contributed by atoms with E-state index in [2.05, 4.69) is 5.32 Å². The van der Waals surface area contributed by atoms with Crippen LogP contribution in [0, 0.1) is 11.7 Å². The summed E-state index contributed by atoms with van der Waals surface area (Å²) < 4.78 is 13.2. The van der Waals surface area contributed by atoms with Gasteiger partial charge in [-0.1, -0.05) is 12.1 Å². The van der Waals surface area contributed by atoms with E-state index in [4.69, 9.17) is 0 Å². The third kappa shape index (κ3) is 4.99. The first-order valence-corrected chi connectivity index (χ1v) is 8.41. The smallest absolute Gasteiger partial charge is 0.225 e. The lowest BCUT2D eigenvalue weighted by molar-refractivity contribution is -0.141. The standard InChI is InChI=1S/C18H26FN3O3/c1-21(2)11-14(23)10-20-18(25)15-8-9-16(24)22(3)17(15)12-4-6-13(19)7-5-12/h4-7,14-15,17,23H,8-11H2,1-3H3,(H,20,25). The first kappa shape index (κ1) is 19.3. The molecule has 138 valence electrons. The minimum atomic E-state index is -0.661. The molecule has 3 unspecified atom stereocenters. The molecule has 0 bridgehead atoms. The number of amides is 2. The lowest BCUT2D eigenvalue weighted by atomic mass is 9.84. The Bertz CT molecular complexity index is 606. The van der Waals surface area contributed by atoms with Crippen LogP contribution in [0.1, 0.15) is 24.4 Å². The van der Waals surface area contributed by atoms with E-state index in [1.165, 1.54) is 12.1 Å². The fraction of sp³-hybridized carbons (Fsp3) is 0.556. The Kier molecular flexibility index (Phi) is 6.50. The van der Waals surface area contributed by atoms with Crippen molar-refractivity contribution in [3.63, 3.8) is 0 Å². The van der Waals surface area contributed by atoms with Crippen molar-refractivity contribution in [1.29, 1.82) is 0 Å². The lowest BCUT2D eigenvalue weighted by Crippen LogP contribution is -2.48. The minimum Gasteiger partial charge on any atom is -0.390 e. The highest BCUT2D eigenvalue weighted by Gasteiger charge is 2.38. The molecule has 6 nitrogen and oxygen atoms in total. The van der Waals surface area contributed by atoms with Crippen LogP contribution in [0.4, 0.5) is 4.39 Å². The molecule has 3 atom stereocenters. The molecular weight excluding hydrogens is 325 g/mol. The summed E-state index contributed by atoms with van der Waals surface area (Å²) in [5, 5.41) is 12.7. The number of likely N-dealkylation sites (tertiary alicyclic amines) is 1. The van der Waals surface area contributed by atoms with Gasteiger partial charge in [-0.3, -0.25) is 9.59 Å². The van der Waals surface area contributed by atoms with Gasteiger partial charge in [-0.25, -0.2) is 4.39 Å². The van der Waals surface area contributed by atoms with Gasteiger partial charge >= 0.3 is 0 Å². The lowest BCUT2D eigenvalue weighted by Gasteiger charge is -2.38. The van der Waals surface area contributed by atoms with E-state index in [1.54, 1.807) is 24.1 Å². The number of hydrogen-bond acceptors (Lipinski definition) is 4. The van der Waals surface area contributed by atoms with Gasteiger partial charge in [0.2, 0.25) is 11.8 Å². The van der Waals surface area contributed by atoms with Crippen molar-refractivity contribution < 1.29 is 19.1 Å². The maximum Gasteiger partial charge on any atom is 0.225 e. The minimum absolute atomic E-state index is 0.0361. The second-order valence-corrected chi connectivity index (χ2v) is 6.81. The molecule has 1 aliphatic heterocycles. The Morgan fingerprint density at radius 2 is 2.04 bits per heavy atom. The van der Waals surface area contributed by atoms with E-state index in [0.29, 0.717) is 19.4 Å². The number of carbonyl (C=O) groups excluding carboxylic acids is 2. The van der Waals surface area contributed by atoms with Crippen LogP contribution in [-0.4, -0.2) is 67.1 Å². The van der Waals surface area contributed by atoms with Crippen molar-refractivity contribution in [2.75, 3.05) is 34.2 Å². The molecule has 7 heteroatoms. The molecule has 0 radical (unpaired) electrons. The van der Waals surface area contributed by atoms with Crippen LogP contribution in [0.5, 0.6) is 0 Å². The van der Waals surface area contributed by atoms with E-state index in [1.807, 2.05) is 19.0 Å². The number of aliphatic hydroxyl groups excluding tert-OH is 1. The number of likely N-dealkylation sites (N-methyl/N-ethyl adjacent to an activating group) is 1. The summed E-state index contributed by atoms with van der Waals surface area (Å²) in [6.45, 7) is 0.603. The zero-order valence-corrected chi connectivity index (χ0v) is 14.9. The van der Waals surface area contributed by atoms with E-state index in [-0.39, 0.29) is 24.2 Å². The monoisotopic (exact) mass is 351 g/mol. The van der Waals surface area contributed by atoms with Gasteiger partial charge in [-0.2, -0.15) is 0 Å². The van der Waals surface area contributed by atoms with Crippen LogP contribution in [0.15, 0.2) is 24.3 Å². The van der Waals surface area contributed by atoms with Crippen molar-refractivity contribution >= 4 is 11.8 Å². The molecule has 1 aliphatic rings. The number of carbonyl (C=O) groups is 2. The van der Waals surface area contributed by atoms with Crippen LogP contribution in [0.3, 0.4) is 0 Å². The summed E-state index contributed by atoms with van der Waals surface area (Å²) in [4.78, 5) is 28.1. The van der Waals surface area contributed by atoms with E-state index >= 15 is 0 Å². The van der Waals surface area contributed by atoms with Crippen LogP contribution >= 0.6 is 0 Å². The van der Waals surface area contributed by atoms with Gasteiger partial charge in [0.05, 0.1) is 18.1 Å². The van der Waals surface area contributed by atoms with E-state index in [0.717, 1.165) is 5.56 Å². The van der Waals surface area contributed by atoms with Crippen molar-refractivity contribution in [3.8, 4) is 0 Å². The number of aliphatic hydroxyl groups is 1. The normalized spacial score (nSPS) is 22.2. The fourth-order valence-corrected chi connectivity index (χ4v) is 3.26. The summed E-state index contributed by atoms with van der Waals surface area (Å²) in [6.07, 6.45) is 0.0686. The van der Waals surface area contributed by atoms with Gasteiger partial charge < -0.3 is 20.2 Å². The quantitative estimate of drug-likeness (QED) is 0.794. The van der Waals surface area contributed by atoms with Crippen molar-refractivity contribution in [2.24, 2.45) is 5.92 Å². The number of benzene rings is 1. The van der Waals surface area contributed by atoms with Crippen LogP contribution < -0.4 is 5.32 Å². The molecule has 2 amide bonds. The summed E-state index contributed by atoms with van der Waals surface area (Å²) in [5.74, 6) is -1.03. The molecule has 2 rings (SSSR count). The molecule has 0 spiro atoms. The number of nitrogens with zero attached hydrogens (tertiary/aromatic N) is 2. The molecule has 25 heavy (non-hydrogen) atoms. The van der Waals surface area contributed by atoms with E-state index in [9.17, 15) is 19.1 Å². The van der Waals surface area contributed by atoms with Crippen LogP contribution in [-0.2, 0) is 9.59 Å². The summed E-state index contributed by atoms with van der Waals surface area (Å²) in [5.41, 5.74) is 0.728. The highest BCUT2D eigenvalue weighted by molar-refractivity contribution is 5.84. The first-order chi connectivity index (χ1) is 11.8. The average molecular weight is 351 g/mol. The number of piperidine rings is 1. The maximum absolute atomic E-state index is 13.2. The molecule has 1 aromatic carbocycles. The number of halogens is 1. The third-order valence-corrected chi connectivity index (χ3v) is 4.50. The van der Waals surface area contributed by atoms with Crippen molar-refractivity contribution in [3.05, 3.63) is 35.6 Å². The Morgan fingerprint density at radius 1 is 1.40 bits per heavy atom. The van der Waals surface area contributed by atoms with Gasteiger partial charge in [0.25, 0.3) is 0 Å². The van der Waals surface area contributed by atoms with Gasteiger partial charge in [0.1, 0.15) is 5.82 Å². The van der Waals surface area contributed by atoms with Gasteiger partial charge in [0.15, 0.2) is 0 Å². The van der Waals surface area contributed by atoms with Gasteiger partial charge in [0, 0.05) is 26.6 Å². The molecule has 1 aromatic rings. The summed E-state index contributed by atoms with van der Waals surface area (Å²) in [6, 6.07) is 5.44. The van der Waals surface area contributed by atoms with Gasteiger partial charge in [-0.15, -0.1) is 0 Å². The topological polar surface area (TPSA) is 72.9 Å². The molecule has 2 N–H and O–H groups in total. The highest BCUT2D eigenvalue weighted by Crippen LogP contribution is 2.35. The molecule has 0 saturated carbocycles. The van der Waals surface area contributed by atoms with Crippen molar-refractivity contribution in [2.45, 2.75) is 25.0 Å². The Hall–Kier alpha value is -1.99. The van der Waals surface area contributed by atoms with Crippen LogP contribution in [0.2, 0.25) is 0 Å². The molecule has 1 fully saturated rings. The molecule has 1 saturated heterocycles. The molecule has 0 aromatic heterocycles. The van der Waals surface area contributed by atoms with Crippen LogP contribution in [0.25, 0.3) is 0 Å². The number of rotatable bonds is 6. The predicted molar refractivity (Wildman–Crippen MR) is 92.2 cm³/mol. The largest absolute Gasteiger partial charge is 0.390 e. The highest BCUT2D eigenvalue weighted by atomic mass is 19.1. The zero-order valence-electron chi connectivity index (χ0n) is 14.9. The van der Waals surface area contributed by atoms with Gasteiger partial charge in [-0.05, 0) is 38.2 Å². The first-order valence-electron chi connectivity index (χ1n) is 8.41. The summed E-state index contributed by atoms with van der Waals surface area (Å²) >= 11 is 0. The second-order valence-electron chi connectivity index (χ2n) is 6.81. The molecular formula is C18H26FN3O3. The SMILES string of the molecule is CN(C)CC(O)CNC(=O)C1CCC(=O)N(C)C1c1ccc(F)cc1. The molecule has 1 heterocycles. The molecule has 0 aliphatic carbocycles. The average Bonchev–Trinajstić information content (AvgIpc) is 2.55. The number of nitrogens with one attached hydrogen (secondary N) is 1. The summed E-state index contributed by atoms with van der Waals surface area (Å²) in [7, 11) is 5.35. The zero-order chi connectivity index (χ0) is 18.6. The number of hydrogen-bond donors (Lipinski definition) is 2.